The van der Waals surface area contributed by atoms with Gasteiger partial charge < -0.3 is 11.5 Å². The molecule has 0 aliphatic carbocycles. The smallest absolute Gasteiger partial charge is 0.0393 e. The first kappa shape index (κ1) is 9.59. The predicted molar refractivity (Wildman–Crippen MR) is 65.4 cm³/mol. The molecule has 0 unspecified atom stereocenters. The van der Waals surface area contributed by atoms with Crippen molar-refractivity contribution >= 4 is 11.4 Å². The van der Waals surface area contributed by atoms with E-state index >= 15 is 0 Å². The van der Waals surface area contributed by atoms with Gasteiger partial charge in [0.1, 0.15) is 0 Å². The molecule has 2 nitrogen and oxygen atoms in total. The first-order valence-electron chi connectivity index (χ1n) is 4.89. The number of nitrogens with two attached hydrogens (primary N) is 2. The minimum Gasteiger partial charge on any atom is -0.399 e. The van der Waals surface area contributed by atoms with Gasteiger partial charge in [0, 0.05) is 16.9 Å². The van der Waals surface area contributed by atoms with Crippen LogP contribution in [-0.4, -0.2) is 0 Å². The SMILES string of the molecule is Cc1cc(N)ccc1-c1ccccc1N. The number of anilines is 2. The van der Waals surface area contributed by atoms with Crippen molar-refractivity contribution in [2.75, 3.05) is 11.5 Å². The lowest BCUT2D eigenvalue weighted by molar-refractivity contribution is 1.46. The molecule has 2 aromatic rings. The Kier molecular flexibility index (Phi) is 2.34. The largest absolute Gasteiger partial charge is 0.399 e. The van der Waals surface area contributed by atoms with E-state index in [1.807, 2.05) is 49.4 Å². The van der Waals surface area contributed by atoms with Crippen molar-refractivity contribution in [1.82, 2.24) is 0 Å². The van der Waals surface area contributed by atoms with Gasteiger partial charge in [-0.25, -0.2) is 0 Å². The van der Waals surface area contributed by atoms with Crippen molar-refractivity contribution in [3.8, 4) is 11.1 Å². The van der Waals surface area contributed by atoms with Crippen molar-refractivity contribution in [2.24, 2.45) is 0 Å². The van der Waals surface area contributed by atoms with Gasteiger partial charge in [0.05, 0.1) is 0 Å². The topological polar surface area (TPSA) is 52.0 Å². The van der Waals surface area contributed by atoms with Crippen LogP contribution >= 0.6 is 0 Å². The number of aryl methyl sites for hydroxylation is 1. The molecule has 2 rings (SSSR count). The zero-order chi connectivity index (χ0) is 10.8. The van der Waals surface area contributed by atoms with Crippen molar-refractivity contribution in [1.29, 1.82) is 0 Å². The summed E-state index contributed by atoms with van der Waals surface area (Å²) in [6.07, 6.45) is 0. The number of para-hydroxylation sites is 1. The molecule has 0 bridgehead atoms. The Morgan fingerprint density at radius 3 is 2.27 bits per heavy atom. The van der Waals surface area contributed by atoms with Gasteiger partial charge in [0.2, 0.25) is 0 Å². The van der Waals surface area contributed by atoms with Crippen LogP contribution in [0, 0.1) is 6.92 Å². The third kappa shape index (κ3) is 1.79. The highest BCUT2D eigenvalue weighted by Crippen LogP contribution is 2.29. The second-order valence-electron chi connectivity index (χ2n) is 3.66. The van der Waals surface area contributed by atoms with E-state index in [9.17, 15) is 0 Å². The number of hydrogen-bond acceptors (Lipinski definition) is 2. The quantitative estimate of drug-likeness (QED) is 0.692. The van der Waals surface area contributed by atoms with E-state index < -0.39 is 0 Å². The molecule has 4 N–H and O–H groups in total. The summed E-state index contributed by atoms with van der Waals surface area (Å²) in [6.45, 7) is 2.04. The van der Waals surface area contributed by atoms with E-state index in [1.165, 1.54) is 0 Å². The maximum absolute atomic E-state index is 5.93. The summed E-state index contributed by atoms with van der Waals surface area (Å²) < 4.78 is 0. The summed E-state index contributed by atoms with van der Waals surface area (Å²) in [5, 5.41) is 0. The van der Waals surface area contributed by atoms with E-state index in [2.05, 4.69) is 0 Å². The summed E-state index contributed by atoms with van der Waals surface area (Å²) in [5.74, 6) is 0. The maximum atomic E-state index is 5.93. The van der Waals surface area contributed by atoms with Gasteiger partial charge in [-0.15, -0.1) is 0 Å². The van der Waals surface area contributed by atoms with Crippen LogP contribution < -0.4 is 11.5 Å². The molecule has 0 amide bonds. The van der Waals surface area contributed by atoms with Crippen molar-refractivity contribution in [3.63, 3.8) is 0 Å². The monoisotopic (exact) mass is 198 g/mol. The van der Waals surface area contributed by atoms with E-state index in [-0.39, 0.29) is 0 Å². The first-order chi connectivity index (χ1) is 7.18. The number of nitrogen functional groups attached to an aromatic ring is 2. The second kappa shape index (κ2) is 3.65. The average molecular weight is 198 g/mol. The Labute approximate surface area is 89.5 Å². The Balaban J connectivity index is 2.60. The molecule has 0 aliphatic heterocycles. The molecule has 0 fully saturated rings. The molecule has 0 aliphatic rings. The molecule has 15 heavy (non-hydrogen) atoms. The Morgan fingerprint density at radius 2 is 1.60 bits per heavy atom. The van der Waals surface area contributed by atoms with Gasteiger partial charge in [0.15, 0.2) is 0 Å². The highest BCUT2D eigenvalue weighted by atomic mass is 14.6. The van der Waals surface area contributed by atoms with Gasteiger partial charge in [-0.3, -0.25) is 0 Å². The van der Waals surface area contributed by atoms with Crippen LogP contribution in [0.15, 0.2) is 42.5 Å². The summed E-state index contributed by atoms with van der Waals surface area (Å²) in [4.78, 5) is 0. The van der Waals surface area contributed by atoms with Crippen LogP contribution in [0.2, 0.25) is 0 Å². The molecule has 0 radical (unpaired) electrons. The third-order valence-corrected chi connectivity index (χ3v) is 2.50. The van der Waals surface area contributed by atoms with Crippen molar-refractivity contribution in [2.45, 2.75) is 6.92 Å². The van der Waals surface area contributed by atoms with Crippen LogP contribution in [0.4, 0.5) is 11.4 Å². The van der Waals surface area contributed by atoms with Crippen molar-refractivity contribution < 1.29 is 0 Å². The molecule has 2 heteroatoms. The van der Waals surface area contributed by atoms with E-state index in [4.69, 9.17) is 11.5 Å². The van der Waals surface area contributed by atoms with Gasteiger partial charge in [-0.1, -0.05) is 24.3 Å². The predicted octanol–water partition coefficient (Wildman–Crippen LogP) is 2.83. The van der Waals surface area contributed by atoms with E-state index in [1.54, 1.807) is 0 Å². The second-order valence-corrected chi connectivity index (χ2v) is 3.66. The van der Waals surface area contributed by atoms with Crippen LogP contribution in [0.3, 0.4) is 0 Å². The van der Waals surface area contributed by atoms with Gasteiger partial charge in [0.25, 0.3) is 0 Å². The Morgan fingerprint density at radius 1 is 0.867 bits per heavy atom. The maximum Gasteiger partial charge on any atom is 0.0393 e. The molecule has 0 heterocycles. The Bertz CT molecular complexity index is 490. The lowest BCUT2D eigenvalue weighted by Crippen LogP contribution is -1.92. The lowest BCUT2D eigenvalue weighted by atomic mass is 9.99. The molecule has 2 aromatic carbocycles. The molecular formula is C13H14N2. The molecule has 0 atom stereocenters. The summed E-state index contributed by atoms with van der Waals surface area (Å²) in [5.41, 5.74) is 16.6. The van der Waals surface area contributed by atoms with Crippen LogP contribution in [0.5, 0.6) is 0 Å². The zero-order valence-corrected chi connectivity index (χ0v) is 8.70. The average Bonchev–Trinajstić information content (AvgIpc) is 2.20. The fourth-order valence-corrected chi connectivity index (χ4v) is 1.73. The molecule has 0 saturated carbocycles. The zero-order valence-electron chi connectivity index (χ0n) is 8.70. The standard InChI is InChI=1S/C13H14N2/c1-9-8-10(14)6-7-11(9)12-4-2-3-5-13(12)15/h2-8H,14-15H2,1H3. The highest BCUT2D eigenvalue weighted by Gasteiger charge is 2.04. The number of benzene rings is 2. The molecule has 0 spiro atoms. The van der Waals surface area contributed by atoms with Crippen LogP contribution in [0.25, 0.3) is 11.1 Å². The molecular weight excluding hydrogens is 184 g/mol. The Hall–Kier alpha value is -1.96. The lowest BCUT2D eigenvalue weighted by Gasteiger charge is -2.09. The summed E-state index contributed by atoms with van der Waals surface area (Å²) in [6, 6.07) is 13.7. The normalized spacial score (nSPS) is 10.2. The molecule has 0 aromatic heterocycles. The van der Waals surface area contributed by atoms with E-state index in [0.717, 1.165) is 28.1 Å². The molecule has 0 saturated heterocycles. The van der Waals surface area contributed by atoms with Gasteiger partial charge in [-0.05, 0) is 36.2 Å². The highest BCUT2D eigenvalue weighted by molar-refractivity contribution is 5.79. The summed E-state index contributed by atoms with van der Waals surface area (Å²) >= 11 is 0. The van der Waals surface area contributed by atoms with Crippen LogP contribution in [0.1, 0.15) is 5.56 Å². The summed E-state index contributed by atoms with van der Waals surface area (Å²) in [7, 11) is 0. The number of rotatable bonds is 1. The van der Waals surface area contributed by atoms with Crippen molar-refractivity contribution in [3.05, 3.63) is 48.0 Å². The fourth-order valence-electron chi connectivity index (χ4n) is 1.73. The minimum atomic E-state index is 0.783. The van der Waals surface area contributed by atoms with Gasteiger partial charge in [-0.2, -0.15) is 0 Å². The van der Waals surface area contributed by atoms with E-state index in [0.29, 0.717) is 0 Å². The third-order valence-electron chi connectivity index (χ3n) is 2.50. The first-order valence-corrected chi connectivity index (χ1v) is 4.89. The van der Waals surface area contributed by atoms with Crippen LogP contribution in [-0.2, 0) is 0 Å². The fraction of sp³-hybridized carbons (Fsp3) is 0.0769. The molecule has 76 valence electrons. The van der Waals surface area contributed by atoms with Gasteiger partial charge >= 0.3 is 0 Å². The minimum absolute atomic E-state index is 0.783. The number of hydrogen-bond donors (Lipinski definition) is 2.